The number of thiazole rings is 1. The Kier molecular flexibility index (Phi) is 8.29. The monoisotopic (exact) mass is 371 g/mol. The molecule has 0 saturated carbocycles. The van der Waals surface area contributed by atoms with E-state index in [1.165, 1.54) is 11.1 Å². The van der Waals surface area contributed by atoms with Crippen LogP contribution in [0.5, 0.6) is 0 Å². The summed E-state index contributed by atoms with van der Waals surface area (Å²) in [5.74, 6) is 0.709. The van der Waals surface area contributed by atoms with E-state index >= 15 is 0 Å². The summed E-state index contributed by atoms with van der Waals surface area (Å²) < 4.78 is 0. The highest BCUT2D eigenvalue weighted by Gasteiger charge is 2.13. The Labute approximate surface area is 163 Å². The number of benzene rings is 1. The molecule has 0 unspecified atom stereocenters. The molecule has 26 heavy (non-hydrogen) atoms. The van der Waals surface area contributed by atoms with E-state index in [0.717, 1.165) is 33.0 Å². The van der Waals surface area contributed by atoms with E-state index < -0.39 is 0 Å². The average molecular weight is 372 g/mol. The molecule has 2 aromatic rings. The van der Waals surface area contributed by atoms with Crippen molar-refractivity contribution < 1.29 is 5.11 Å². The van der Waals surface area contributed by atoms with Gasteiger partial charge in [-0.1, -0.05) is 45.4 Å². The van der Waals surface area contributed by atoms with Crippen LogP contribution in [0.4, 0.5) is 0 Å². The van der Waals surface area contributed by atoms with Crippen LogP contribution in [0.1, 0.15) is 80.4 Å². The van der Waals surface area contributed by atoms with E-state index in [4.69, 9.17) is 4.98 Å². The fourth-order valence-corrected chi connectivity index (χ4v) is 3.65. The quantitative estimate of drug-likeness (QED) is 0.443. The summed E-state index contributed by atoms with van der Waals surface area (Å²) >= 11 is 1.64. The lowest BCUT2D eigenvalue weighted by Crippen LogP contribution is -1.95. The molecule has 2 nitrogen and oxygen atoms in total. The molecule has 0 fully saturated rings. The molecule has 1 N–H and O–H groups in total. The van der Waals surface area contributed by atoms with E-state index in [1.54, 1.807) is 11.3 Å². The SMILES string of the molecule is CC.CC(C)=C(/C=C(/O)c1ccc(C)c(C)c1C)c1nc(C(C)C)cs1. The van der Waals surface area contributed by atoms with Crippen molar-refractivity contribution in [3.8, 4) is 0 Å². The van der Waals surface area contributed by atoms with Crippen LogP contribution >= 0.6 is 11.3 Å². The summed E-state index contributed by atoms with van der Waals surface area (Å²) in [4.78, 5) is 4.74. The Morgan fingerprint density at radius 3 is 2.19 bits per heavy atom. The molecule has 1 heterocycles. The molecule has 3 heteroatoms. The van der Waals surface area contributed by atoms with Crippen LogP contribution in [-0.2, 0) is 0 Å². The van der Waals surface area contributed by atoms with Crippen LogP contribution in [0, 0.1) is 20.8 Å². The summed E-state index contributed by atoms with van der Waals surface area (Å²) in [5.41, 5.74) is 7.73. The molecule has 0 aliphatic rings. The molecule has 0 amide bonds. The zero-order valence-corrected chi connectivity index (χ0v) is 18.5. The van der Waals surface area contributed by atoms with E-state index in [2.05, 4.69) is 59.9 Å². The lowest BCUT2D eigenvalue weighted by molar-refractivity contribution is 0.511. The van der Waals surface area contributed by atoms with Crippen molar-refractivity contribution in [2.45, 2.75) is 68.2 Å². The van der Waals surface area contributed by atoms with Crippen molar-refractivity contribution >= 4 is 22.7 Å². The number of hydrogen-bond acceptors (Lipinski definition) is 3. The normalized spacial score (nSPS) is 11.2. The highest BCUT2D eigenvalue weighted by atomic mass is 32.1. The topological polar surface area (TPSA) is 33.1 Å². The summed E-state index contributed by atoms with van der Waals surface area (Å²) in [5, 5.41) is 13.8. The predicted molar refractivity (Wildman–Crippen MR) is 117 cm³/mol. The van der Waals surface area contributed by atoms with E-state index in [0.29, 0.717) is 11.7 Å². The maximum absolute atomic E-state index is 10.7. The maximum Gasteiger partial charge on any atom is 0.123 e. The first kappa shape index (κ1) is 22.2. The Balaban J connectivity index is 0.00000163. The first-order chi connectivity index (χ1) is 12.2. The summed E-state index contributed by atoms with van der Waals surface area (Å²) in [6.07, 6.45) is 1.86. The third-order valence-corrected chi connectivity index (χ3v) is 5.39. The third-order valence-electron chi connectivity index (χ3n) is 4.50. The summed E-state index contributed by atoms with van der Waals surface area (Å²) in [6, 6.07) is 4.05. The van der Waals surface area contributed by atoms with E-state index in [-0.39, 0.29) is 0 Å². The van der Waals surface area contributed by atoms with Gasteiger partial charge in [-0.15, -0.1) is 11.3 Å². The fourth-order valence-electron chi connectivity index (χ4n) is 2.54. The third kappa shape index (κ3) is 5.07. The number of aliphatic hydroxyl groups excluding tert-OH is 1. The molecule has 0 atom stereocenters. The predicted octanol–water partition coefficient (Wildman–Crippen LogP) is 7.61. The molecule has 0 radical (unpaired) electrons. The van der Waals surface area contributed by atoms with Gasteiger partial charge in [0, 0.05) is 16.5 Å². The first-order valence-electron chi connectivity index (χ1n) is 9.33. The van der Waals surface area contributed by atoms with Gasteiger partial charge in [0.25, 0.3) is 0 Å². The second-order valence-corrected chi connectivity index (χ2v) is 7.71. The standard InChI is InChI=1S/C21H27NOS.C2H6/c1-12(2)18(21-22-19(11-24-21)13(3)4)10-20(23)17-9-8-14(5)15(6)16(17)7;1-2/h8-11,13,23H,1-7H3;1-2H3/b20-10+;. The maximum atomic E-state index is 10.7. The molecule has 1 aromatic heterocycles. The Hall–Kier alpha value is -1.87. The van der Waals surface area contributed by atoms with Crippen LogP contribution < -0.4 is 0 Å². The lowest BCUT2D eigenvalue weighted by atomic mass is 9.96. The second-order valence-electron chi connectivity index (χ2n) is 6.86. The van der Waals surface area contributed by atoms with Gasteiger partial charge >= 0.3 is 0 Å². The van der Waals surface area contributed by atoms with Crippen LogP contribution in [0.3, 0.4) is 0 Å². The molecule has 0 saturated heterocycles. The zero-order chi connectivity index (χ0) is 20.0. The molecule has 0 bridgehead atoms. The summed E-state index contributed by atoms with van der Waals surface area (Å²) in [6.45, 7) is 18.7. The number of aryl methyl sites for hydroxylation is 1. The number of aliphatic hydroxyl groups is 1. The smallest absolute Gasteiger partial charge is 0.123 e. The molecule has 0 spiro atoms. The highest BCUT2D eigenvalue weighted by molar-refractivity contribution is 7.10. The number of allylic oxidation sites excluding steroid dienone is 3. The number of hydrogen-bond donors (Lipinski definition) is 1. The summed E-state index contributed by atoms with van der Waals surface area (Å²) in [7, 11) is 0. The number of nitrogens with zero attached hydrogens (tertiary/aromatic N) is 1. The van der Waals surface area contributed by atoms with Crippen molar-refractivity contribution in [2.75, 3.05) is 0 Å². The van der Waals surface area contributed by atoms with Gasteiger partial charge < -0.3 is 5.11 Å². The van der Waals surface area contributed by atoms with Crippen LogP contribution in [0.15, 0.2) is 29.2 Å². The Morgan fingerprint density at radius 2 is 1.69 bits per heavy atom. The molecule has 142 valence electrons. The average Bonchev–Trinajstić information content (AvgIpc) is 3.09. The molecular formula is C23H33NOS. The molecule has 0 aliphatic carbocycles. The first-order valence-corrected chi connectivity index (χ1v) is 10.2. The Bertz CT molecular complexity index is 806. The molecule has 1 aromatic carbocycles. The van der Waals surface area contributed by atoms with Crippen molar-refractivity contribution in [1.82, 2.24) is 4.98 Å². The van der Waals surface area contributed by atoms with Crippen molar-refractivity contribution in [3.05, 3.63) is 62.1 Å². The Morgan fingerprint density at radius 1 is 1.08 bits per heavy atom. The van der Waals surface area contributed by atoms with Crippen LogP contribution in [0.2, 0.25) is 0 Å². The van der Waals surface area contributed by atoms with Crippen molar-refractivity contribution in [2.24, 2.45) is 0 Å². The molecular weight excluding hydrogens is 338 g/mol. The lowest BCUT2D eigenvalue weighted by Gasteiger charge is -2.11. The largest absolute Gasteiger partial charge is 0.507 e. The second kappa shape index (κ2) is 9.72. The highest BCUT2D eigenvalue weighted by Crippen LogP contribution is 2.30. The van der Waals surface area contributed by atoms with Gasteiger partial charge in [-0.25, -0.2) is 4.98 Å². The minimum Gasteiger partial charge on any atom is -0.507 e. The minimum absolute atomic E-state index is 0.299. The fraction of sp³-hybridized carbons (Fsp3) is 0.435. The molecule has 0 aliphatic heterocycles. The van der Waals surface area contributed by atoms with Gasteiger partial charge in [-0.05, 0) is 63.3 Å². The van der Waals surface area contributed by atoms with E-state index in [9.17, 15) is 5.11 Å². The van der Waals surface area contributed by atoms with Gasteiger partial charge in [-0.2, -0.15) is 0 Å². The van der Waals surface area contributed by atoms with Gasteiger partial charge in [0.1, 0.15) is 10.8 Å². The minimum atomic E-state index is 0.299. The van der Waals surface area contributed by atoms with Crippen LogP contribution in [-0.4, -0.2) is 10.1 Å². The number of rotatable bonds is 4. The zero-order valence-electron chi connectivity index (χ0n) is 17.7. The van der Waals surface area contributed by atoms with Gasteiger partial charge in [0.2, 0.25) is 0 Å². The van der Waals surface area contributed by atoms with Gasteiger partial charge in [-0.3, -0.25) is 0 Å². The van der Waals surface area contributed by atoms with Crippen molar-refractivity contribution in [3.63, 3.8) is 0 Å². The van der Waals surface area contributed by atoms with Crippen molar-refractivity contribution in [1.29, 1.82) is 0 Å². The van der Waals surface area contributed by atoms with Crippen LogP contribution in [0.25, 0.3) is 11.3 Å². The molecule has 2 rings (SSSR count). The van der Waals surface area contributed by atoms with Gasteiger partial charge in [0.05, 0.1) is 5.69 Å². The van der Waals surface area contributed by atoms with E-state index in [1.807, 2.05) is 26.0 Å². The number of aromatic nitrogens is 1. The van der Waals surface area contributed by atoms with Gasteiger partial charge in [0.15, 0.2) is 0 Å².